The first kappa shape index (κ1) is 25.8. The Labute approximate surface area is 215 Å². The fourth-order valence-electron chi connectivity index (χ4n) is 7.32. The van der Waals surface area contributed by atoms with Crippen LogP contribution >= 0.6 is 0 Å². The van der Waals surface area contributed by atoms with Crippen LogP contribution in [0.3, 0.4) is 0 Å². The third-order valence-electron chi connectivity index (χ3n) is 9.43. The molecule has 37 heavy (non-hydrogen) atoms. The zero-order valence-electron chi connectivity index (χ0n) is 21.7. The predicted molar refractivity (Wildman–Crippen MR) is 133 cm³/mol. The molecule has 1 aliphatic heterocycles. The Bertz CT molecular complexity index is 1300. The van der Waals surface area contributed by atoms with Crippen LogP contribution in [-0.2, 0) is 0 Å². The number of benzene rings is 1. The Hall–Kier alpha value is -2.88. The Kier molecular flexibility index (Phi) is 5.97. The van der Waals surface area contributed by atoms with Crippen LogP contribution in [0.5, 0.6) is 17.2 Å². The van der Waals surface area contributed by atoms with E-state index in [4.69, 9.17) is 18.6 Å². The van der Waals surface area contributed by atoms with Crippen molar-refractivity contribution >= 4 is 5.78 Å². The molecule has 0 amide bonds. The lowest BCUT2D eigenvalue weighted by molar-refractivity contribution is -0.226. The van der Waals surface area contributed by atoms with Gasteiger partial charge in [-0.1, -0.05) is 13.8 Å². The van der Waals surface area contributed by atoms with Crippen LogP contribution in [0.15, 0.2) is 33.5 Å². The lowest BCUT2D eigenvalue weighted by Gasteiger charge is -2.64. The molecule has 0 bridgehead atoms. The van der Waals surface area contributed by atoms with Crippen molar-refractivity contribution in [2.75, 3.05) is 20.8 Å². The van der Waals surface area contributed by atoms with Gasteiger partial charge in [-0.25, -0.2) is 4.79 Å². The third-order valence-corrected chi connectivity index (χ3v) is 9.43. The summed E-state index contributed by atoms with van der Waals surface area (Å²) >= 11 is 0. The number of Topliss-reactive ketones (excluding diaryl/α,β-unsaturated/α-hetero) is 1. The summed E-state index contributed by atoms with van der Waals surface area (Å²) in [5.41, 5.74) is -3.42. The van der Waals surface area contributed by atoms with Gasteiger partial charge in [0.05, 0.1) is 39.0 Å². The summed E-state index contributed by atoms with van der Waals surface area (Å²) in [6, 6.07) is 6.54. The van der Waals surface area contributed by atoms with Crippen LogP contribution in [0.2, 0.25) is 0 Å². The normalized spacial score (nSPS) is 36.6. The smallest absolute Gasteiger partial charge is 0.351 e. The van der Waals surface area contributed by atoms with Crippen LogP contribution < -0.4 is 19.8 Å². The third kappa shape index (κ3) is 3.47. The zero-order valence-corrected chi connectivity index (χ0v) is 21.7. The van der Waals surface area contributed by atoms with Crippen molar-refractivity contribution in [2.24, 2.45) is 22.7 Å². The molecule has 3 N–H and O–H groups in total. The molecule has 7 atom stereocenters. The number of ether oxygens (including phenoxy) is 3. The van der Waals surface area contributed by atoms with Gasteiger partial charge < -0.3 is 33.9 Å². The highest BCUT2D eigenvalue weighted by Crippen LogP contribution is 2.64. The molecule has 2 fully saturated rings. The SMILES string of the molecule is COc1ccc(-c2cc3c(c(=O)o2)C(=O)C2[C@@]4(C)CC[C@H](O)C(C)(CO)C4C[C@H](O)[C@@]2(C)O3)cc1OC. The van der Waals surface area contributed by atoms with Crippen LogP contribution in [0.1, 0.15) is 50.4 Å². The van der Waals surface area contributed by atoms with Gasteiger partial charge in [0.15, 0.2) is 17.3 Å². The summed E-state index contributed by atoms with van der Waals surface area (Å²) in [6.07, 6.45) is -0.723. The first-order valence-electron chi connectivity index (χ1n) is 12.6. The topological polar surface area (TPSA) is 136 Å². The van der Waals surface area contributed by atoms with Crippen molar-refractivity contribution in [1.82, 2.24) is 0 Å². The average Bonchev–Trinajstić information content (AvgIpc) is 2.87. The summed E-state index contributed by atoms with van der Waals surface area (Å²) in [7, 11) is 3.02. The summed E-state index contributed by atoms with van der Waals surface area (Å²) < 4.78 is 22.6. The zero-order chi connectivity index (χ0) is 26.9. The van der Waals surface area contributed by atoms with Crippen LogP contribution in [0.25, 0.3) is 11.3 Å². The van der Waals surface area contributed by atoms with E-state index in [1.165, 1.54) is 20.3 Å². The van der Waals surface area contributed by atoms with Crippen molar-refractivity contribution in [3.63, 3.8) is 0 Å². The van der Waals surface area contributed by atoms with Gasteiger partial charge in [0.2, 0.25) is 0 Å². The number of methoxy groups -OCH3 is 2. The maximum atomic E-state index is 14.1. The second-order valence-electron chi connectivity index (χ2n) is 11.3. The molecule has 1 aromatic heterocycles. The van der Waals surface area contributed by atoms with Crippen LogP contribution in [-0.4, -0.2) is 59.7 Å². The number of aliphatic hydroxyl groups excluding tert-OH is 3. The number of fused-ring (bicyclic) bond motifs is 4. The van der Waals surface area contributed by atoms with Crippen molar-refractivity contribution in [3.05, 3.63) is 40.2 Å². The molecule has 200 valence electrons. The van der Waals surface area contributed by atoms with E-state index in [0.29, 0.717) is 29.9 Å². The van der Waals surface area contributed by atoms with Gasteiger partial charge in [-0.2, -0.15) is 0 Å². The molecule has 0 spiro atoms. The van der Waals surface area contributed by atoms with E-state index >= 15 is 0 Å². The van der Waals surface area contributed by atoms with E-state index in [-0.39, 0.29) is 36.0 Å². The summed E-state index contributed by atoms with van der Waals surface area (Å²) in [4.78, 5) is 27.3. The number of rotatable bonds is 4. The molecule has 2 saturated carbocycles. The maximum Gasteiger partial charge on any atom is 0.351 e. The van der Waals surface area contributed by atoms with E-state index < -0.39 is 46.0 Å². The van der Waals surface area contributed by atoms with E-state index in [0.717, 1.165) is 0 Å². The van der Waals surface area contributed by atoms with E-state index in [2.05, 4.69) is 0 Å². The number of hydrogen-bond acceptors (Lipinski definition) is 9. The fraction of sp³-hybridized carbons (Fsp3) is 0.571. The van der Waals surface area contributed by atoms with Crippen LogP contribution in [0, 0.1) is 22.7 Å². The second-order valence-corrected chi connectivity index (χ2v) is 11.3. The number of aliphatic hydroxyl groups is 3. The van der Waals surface area contributed by atoms with E-state index in [1.807, 2.05) is 6.92 Å². The average molecular weight is 515 g/mol. The van der Waals surface area contributed by atoms with Crippen molar-refractivity contribution in [2.45, 2.75) is 57.8 Å². The first-order chi connectivity index (χ1) is 17.4. The maximum absolute atomic E-state index is 14.1. The molecule has 1 aromatic carbocycles. The molecule has 2 heterocycles. The fourth-order valence-corrected chi connectivity index (χ4v) is 7.32. The molecule has 9 nitrogen and oxygen atoms in total. The minimum Gasteiger partial charge on any atom is -0.493 e. The molecule has 3 aliphatic rings. The van der Waals surface area contributed by atoms with Gasteiger partial charge in [0, 0.05) is 17.0 Å². The Morgan fingerprint density at radius 3 is 2.38 bits per heavy atom. The Morgan fingerprint density at radius 2 is 1.73 bits per heavy atom. The van der Waals surface area contributed by atoms with Crippen LogP contribution in [0.4, 0.5) is 0 Å². The standard InChI is InChI=1S/C28H34O9/c1-26-9-8-20(30)27(2,13-29)19(26)12-21(31)28(3)24(26)23(32)22-18(37-28)11-16(36-25(22)33)14-6-7-15(34-4)17(10-14)35-5/h6-7,10-11,19-21,24,29-31H,8-9,12-13H2,1-5H3/t19?,20-,21-,24?,26-,27?,28+/m0/s1. The van der Waals surface area contributed by atoms with E-state index in [9.17, 15) is 24.9 Å². The van der Waals surface area contributed by atoms with Gasteiger partial charge in [0.25, 0.3) is 0 Å². The monoisotopic (exact) mass is 514 g/mol. The number of carbonyl (C=O) groups is 1. The summed E-state index contributed by atoms with van der Waals surface area (Å²) in [5.74, 6) is -0.483. The molecule has 2 aliphatic carbocycles. The van der Waals surface area contributed by atoms with E-state index in [1.54, 1.807) is 32.0 Å². The number of ketones is 1. The predicted octanol–water partition coefficient (Wildman–Crippen LogP) is 2.81. The quantitative estimate of drug-likeness (QED) is 0.563. The van der Waals surface area contributed by atoms with Gasteiger partial charge in [-0.15, -0.1) is 0 Å². The molecular weight excluding hydrogens is 480 g/mol. The minimum atomic E-state index is -1.31. The van der Waals surface area contributed by atoms with Gasteiger partial charge in [0.1, 0.15) is 22.7 Å². The van der Waals surface area contributed by atoms with Gasteiger partial charge in [-0.05, 0) is 55.7 Å². The largest absolute Gasteiger partial charge is 0.493 e. The highest BCUT2D eigenvalue weighted by molar-refractivity contribution is 6.02. The Morgan fingerprint density at radius 1 is 1.03 bits per heavy atom. The number of carbonyl (C=O) groups excluding carboxylic acids is 1. The molecule has 5 rings (SSSR count). The lowest BCUT2D eigenvalue weighted by atomic mass is 9.43. The molecular formula is C28H34O9. The first-order valence-corrected chi connectivity index (χ1v) is 12.6. The van der Waals surface area contributed by atoms with Crippen molar-refractivity contribution in [3.8, 4) is 28.6 Å². The Balaban J connectivity index is 1.63. The van der Waals surface area contributed by atoms with Crippen molar-refractivity contribution < 1.29 is 38.7 Å². The minimum absolute atomic E-state index is 0.0617. The molecule has 0 radical (unpaired) electrons. The highest BCUT2D eigenvalue weighted by Gasteiger charge is 2.69. The lowest BCUT2D eigenvalue weighted by Crippen LogP contribution is -2.71. The highest BCUT2D eigenvalue weighted by atomic mass is 16.5. The second kappa shape index (κ2) is 8.58. The molecule has 0 saturated heterocycles. The summed E-state index contributed by atoms with van der Waals surface area (Å²) in [6.45, 7) is 5.16. The summed E-state index contributed by atoms with van der Waals surface area (Å²) in [5, 5.41) is 32.4. The van der Waals surface area contributed by atoms with Gasteiger partial charge >= 0.3 is 5.63 Å². The molecule has 9 heteroatoms. The number of hydrogen-bond donors (Lipinski definition) is 3. The molecule has 2 aromatic rings. The van der Waals surface area contributed by atoms with Gasteiger partial charge in [-0.3, -0.25) is 4.79 Å². The molecule has 3 unspecified atom stereocenters. The van der Waals surface area contributed by atoms with Crippen molar-refractivity contribution in [1.29, 1.82) is 0 Å².